The van der Waals surface area contributed by atoms with Gasteiger partial charge in [0, 0.05) is 18.7 Å². The van der Waals surface area contributed by atoms with Crippen molar-refractivity contribution in [2.75, 3.05) is 38.2 Å². The lowest BCUT2D eigenvalue weighted by Crippen LogP contribution is -2.33. The number of nitrogens with one attached hydrogen (secondary N) is 2. The number of aromatic nitrogens is 4. The molecule has 12 nitrogen and oxygen atoms in total. The minimum absolute atomic E-state index is 0.241. The summed E-state index contributed by atoms with van der Waals surface area (Å²) >= 11 is 0. The molecule has 1 amide bonds. The van der Waals surface area contributed by atoms with Crippen LogP contribution in [0.2, 0.25) is 0 Å². The van der Waals surface area contributed by atoms with Gasteiger partial charge in [-0.3, -0.25) is 9.36 Å². The van der Waals surface area contributed by atoms with E-state index in [-0.39, 0.29) is 24.6 Å². The number of aliphatic hydroxyl groups excluding tert-OH is 3. The number of anilines is 1. The number of rotatable bonds is 10. The number of benzene rings is 1. The van der Waals surface area contributed by atoms with Gasteiger partial charge in [0.2, 0.25) is 0 Å². The average Bonchev–Trinajstić information content (AvgIpc) is 3.39. The summed E-state index contributed by atoms with van der Waals surface area (Å²) in [5, 5.41) is 35.3. The molecule has 1 fully saturated rings. The highest BCUT2D eigenvalue weighted by atomic mass is 19.1. The first-order valence-corrected chi connectivity index (χ1v) is 10.6. The van der Waals surface area contributed by atoms with E-state index in [1.165, 1.54) is 35.4 Å². The molecule has 3 heterocycles. The summed E-state index contributed by atoms with van der Waals surface area (Å²) in [4.78, 5) is 24.6. The molecule has 1 aliphatic heterocycles. The Morgan fingerprint density at radius 1 is 1.18 bits per heavy atom. The van der Waals surface area contributed by atoms with Gasteiger partial charge in [0.25, 0.3) is 5.91 Å². The highest BCUT2D eigenvalue weighted by Crippen LogP contribution is 2.32. The first-order chi connectivity index (χ1) is 16.5. The standard InChI is InChI=1S/C21H25FN6O6/c22-13-3-1-2-12(8-13)20(32)24-5-7-33-6-4-23-18-15-19(26-10-25-18)28(11-27-15)21-17(31)16(30)14(9-29)34-21/h1-3,8,10-11,14,16-17,21,29-31H,4-7,9H2,(H,24,32)(H,23,25,26)/t14-,16-,17-,21-/m1/s1. The Balaban J connectivity index is 1.25. The zero-order valence-corrected chi connectivity index (χ0v) is 18.0. The second-order valence-corrected chi connectivity index (χ2v) is 7.58. The Kier molecular flexibility index (Phi) is 7.59. The van der Waals surface area contributed by atoms with Crippen molar-refractivity contribution in [1.29, 1.82) is 0 Å². The number of hydrogen-bond acceptors (Lipinski definition) is 10. The van der Waals surface area contributed by atoms with Crippen LogP contribution in [-0.4, -0.2) is 92.0 Å². The number of imidazole rings is 1. The van der Waals surface area contributed by atoms with Crippen LogP contribution >= 0.6 is 0 Å². The Bertz CT molecular complexity index is 1130. The molecular formula is C21H25FN6O6. The van der Waals surface area contributed by atoms with Gasteiger partial charge in [0.15, 0.2) is 23.2 Å². The Hall–Kier alpha value is -3.23. The smallest absolute Gasteiger partial charge is 0.251 e. The minimum Gasteiger partial charge on any atom is -0.394 e. The third-order valence-corrected chi connectivity index (χ3v) is 5.31. The first-order valence-electron chi connectivity index (χ1n) is 10.6. The van der Waals surface area contributed by atoms with Crippen molar-refractivity contribution >= 4 is 22.9 Å². The van der Waals surface area contributed by atoms with E-state index in [1.54, 1.807) is 0 Å². The molecule has 13 heteroatoms. The third-order valence-electron chi connectivity index (χ3n) is 5.31. The average molecular weight is 476 g/mol. The molecule has 182 valence electrons. The molecule has 0 aliphatic carbocycles. The molecule has 1 aliphatic rings. The quantitative estimate of drug-likeness (QED) is 0.240. The lowest BCUT2D eigenvalue weighted by Gasteiger charge is -2.16. The van der Waals surface area contributed by atoms with Crippen molar-refractivity contribution in [3.05, 3.63) is 48.3 Å². The van der Waals surface area contributed by atoms with Gasteiger partial charge in [-0.25, -0.2) is 19.3 Å². The van der Waals surface area contributed by atoms with Gasteiger partial charge in [-0.15, -0.1) is 0 Å². The van der Waals surface area contributed by atoms with Gasteiger partial charge in [0.1, 0.15) is 30.5 Å². The van der Waals surface area contributed by atoms with E-state index in [9.17, 15) is 24.5 Å². The predicted octanol–water partition coefficient (Wildman–Crippen LogP) is -0.565. The summed E-state index contributed by atoms with van der Waals surface area (Å²) in [6.45, 7) is 0.808. The molecule has 1 saturated heterocycles. The third kappa shape index (κ3) is 5.13. The first kappa shape index (κ1) is 23.9. The summed E-state index contributed by atoms with van der Waals surface area (Å²) in [6.07, 6.45) is -1.60. The van der Waals surface area contributed by atoms with E-state index in [0.717, 1.165) is 6.07 Å². The molecule has 0 spiro atoms. The predicted molar refractivity (Wildman–Crippen MR) is 116 cm³/mol. The second kappa shape index (κ2) is 10.8. The Labute approximate surface area is 193 Å². The highest BCUT2D eigenvalue weighted by molar-refractivity contribution is 5.94. The topological polar surface area (TPSA) is 164 Å². The lowest BCUT2D eigenvalue weighted by atomic mass is 10.1. The number of hydrogen-bond donors (Lipinski definition) is 5. The van der Waals surface area contributed by atoms with Gasteiger partial charge in [-0.05, 0) is 18.2 Å². The van der Waals surface area contributed by atoms with Crippen LogP contribution in [0.3, 0.4) is 0 Å². The van der Waals surface area contributed by atoms with Crippen LogP contribution in [-0.2, 0) is 9.47 Å². The van der Waals surface area contributed by atoms with Crippen LogP contribution in [0.15, 0.2) is 36.9 Å². The zero-order chi connectivity index (χ0) is 24.1. The summed E-state index contributed by atoms with van der Waals surface area (Å²) in [5.74, 6) is -0.412. The molecule has 3 aromatic rings. The molecule has 2 aromatic heterocycles. The summed E-state index contributed by atoms with van der Waals surface area (Å²) < 4.78 is 25.7. The molecule has 0 unspecified atom stereocenters. The van der Waals surface area contributed by atoms with Crippen molar-refractivity contribution in [2.45, 2.75) is 24.5 Å². The van der Waals surface area contributed by atoms with E-state index in [2.05, 4.69) is 25.6 Å². The second-order valence-electron chi connectivity index (χ2n) is 7.58. The molecule has 4 atom stereocenters. The summed E-state index contributed by atoms with van der Waals surface area (Å²) in [5.41, 5.74) is 1.06. The molecule has 34 heavy (non-hydrogen) atoms. The SMILES string of the molecule is O=C(NCCOCCNc1ncnc2c1ncn2[C@@H]1O[C@H](CO)[C@@H](O)[C@H]1O)c1cccc(F)c1. The van der Waals surface area contributed by atoms with Crippen LogP contribution in [0, 0.1) is 5.82 Å². The number of nitrogens with zero attached hydrogens (tertiary/aromatic N) is 4. The monoisotopic (exact) mass is 476 g/mol. The van der Waals surface area contributed by atoms with Gasteiger partial charge in [-0.2, -0.15) is 0 Å². The van der Waals surface area contributed by atoms with Gasteiger partial charge in [-0.1, -0.05) is 6.07 Å². The number of halogens is 1. The van der Waals surface area contributed by atoms with Gasteiger partial charge >= 0.3 is 0 Å². The Morgan fingerprint density at radius 2 is 2.00 bits per heavy atom. The van der Waals surface area contributed by atoms with Crippen LogP contribution in [0.1, 0.15) is 16.6 Å². The molecule has 0 radical (unpaired) electrons. The number of ether oxygens (including phenoxy) is 2. The number of fused-ring (bicyclic) bond motifs is 1. The largest absolute Gasteiger partial charge is 0.394 e. The lowest BCUT2D eigenvalue weighted by molar-refractivity contribution is -0.0511. The number of amides is 1. The Morgan fingerprint density at radius 3 is 2.76 bits per heavy atom. The number of aliphatic hydroxyl groups is 3. The van der Waals surface area contributed by atoms with Crippen molar-refractivity contribution < 1.29 is 34.0 Å². The van der Waals surface area contributed by atoms with Crippen molar-refractivity contribution in [1.82, 2.24) is 24.8 Å². The number of carbonyl (C=O) groups is 1. The van der Waals surface area contributed by atoms with Crippen molar-refractivity contribution in [3.8, 4) is 0 Å². The maximum Gasteiger partial charge on any atom is 0.251 e. The van der Waals surface area contributed by atoms with Crippen molar-refractivity contribution in [3.63, 3.8) is 0 Å². The van der Waals surface area contributed by atoms with Crippen LogP contribution in [0.4, 0.5) is 10.2 Å². The minimum atomic E-state index is -1.25. The fourth-order valence-corrected chi connectivity index (χ4v) is 3.59. The van der Waals surface area contributed by atoms with E-state index in [0.29, 0.717) is 30.1 Å². The fourth-order valence-electron chi connectivity index (χ4n) is 3.59. The van der Waals surface area contributed by atoms with E-state index in [1.807, 2.05) is 0 Å². The van der Waals surface area contributed by atoms with E-state index < -0.39 is 37.0 Å². The number of carbonyl (C=O) groups excluding carboxylic acids is 1. The van der Waals surface area contributed by atoms with Crippen LogP contribution < -0.4 is 10.6 Å². The van der Waals surface area contributed by atoms with Gasteiger partial charge in [0.05, 0.1) is 26.1 Å². The van der Waals surface area contributed by atoms with Crippen LogP contribution in [0.25, 0.3) is 11.2 Å². The molecule has 5 N–H and O–H groups in total. The summed E-state index contributed by atoms with van der Waals surface area (Å²) in [6, 6.07) is 5.43. The van der Waals surface area contributed by atoms with Gasteiger partial charge < -0.3 is 35.4 Å². The molecular weight excluding hydrogens is 451 g/mol. The molecule has 1 aromatic carbocycles. The fraction of sp³-hybridized carbons (Fsp3) is 0.429. The molecule has 4 rings (SSSR count). The maximum absolute atomic E-state index is 13.2. The van der Waals surface area contributed by atoms with Crippen molar-refractivity contribution in [2.24, 2.45) is 0 Å². The molecule has 0 saturated carbocycles. The zero-order valence-electron chi connectivity index (χ0n) is 18.0. The normalized spacial score (nSPS) is 22.2. The summed E-state index contributed by atoms with van der Waals surface area (Å²) in [7, 11) is 0. The van der Waals surface area contributed by atoms with Crippen LogP contribution in [0.5, 0.6) is 0 Å². The van der Waals surface area contributed by atoms with E-state index in [4.69, 9.17) is 9.47 Å². The highest BCUT2D eigenvalue weighted by Gasteiger charge is 2.44. The maximum atomic E-state index is 13.2. The molecule has 0 bridgehead atoms. The van der Waals surface area contributed by atoms with E-state index >= 15 is 0 Å².